The number of aliphatic hydroxyl groups is 1. The summed E-state index contributed by atoms with van der Waals surface area (Å²) in [6.07, 6.45) is 7.34. The van der Waals surface area contributed by atoms with Crippen LogP contribution < -0.4 is 10.6 Å². The standard InChI is InChI=1S/C25H34N6O2S/c1-13(17-10-19(11-17)33-4)27-25-28-14(2)21(23(31-25)29-18-6-5-16(9-18)12-32)24-30-22-15(3)26-8-7-20(22)34-24/h7-8,13,16-19,32H,5-6,9-12H2,1-4H3,(H2,27,28,29,31)/t13-,16-,17?,18+,19?/m1/s1. The first-order chi connectivity index (χ1) is 16.4. The molecule has 2 saturated carbocycles. The van der Waals surface area contributed by atoms with Crippen molar-refractivity contribution in [2.45, 2.75) is 71.1 Å². The molecule has 0 aromatic carbocycles. The van der Waals surface area contributed by atoms with Crippen molar-refractivity contribution in [2.24, 2.45) is 11.8 Å². The summed E-state index contributed by atoms with van der Waals surface area (Å²) >= 11 is 1.65. The van der Waals surface area contributed by atoms with Gasteiger partial charge >= 0.3 is 0 Å². The van der Waals surface area contributed by atoms with Crippen LogP contribution in [0.3, 0.4) is 0 Å². The topological polar surface area (TPSA) is 105 Å². The van der Waals surface area contributed by atoms with Crippen LogP contribution in [0.2, 0.25) is 0 Å². The maximum absolute atomic E-state index is 9.61. The quantitative estimate of drug-likeness (QED) is 0.429. The van der Waals surface area contributed by atoms with Gasteiger partial charge in [-0.15, -0.1) is 11.3 Å². The van der Waals surface area contributed by atoms with Gasteiger partial charge in [-0.05, 0) is 70.8 Å². The fraction of sp³-hybridized carbons (Fsp3) is 0.600. The number of hydrogen-bond acceptors (Lipinski definition) is 9. The van der Waals surface area contributed by atoms with Gasteiger partial charge in [-0.1, -0.05) is 0 Å². The molecular weight excluding hydrogens is 448 g/mol. The van der Waals surface area contributed by atoms with Crippen LogP contribution in [0.25, 0.3) is 20.8 Å². The van der Waals surface area contributed by atoms with Crippen LogP contribution in [0.15, 0.2) is 12.3 Å². The average Bonchev–Trinajstić information content (AvgIpc) is 3.40. The normalized spacial score (nSPS) is 25.3. The minimum absolute atomic E-state index is 0.242. The molecule has 34 heavy (non-hydrogen) atoms. The predicted molar refractivity (Wildman–Crippen MR) is 136 cm³/mol. The van der Waals surface area contributed by atoms with Crippen LogP contribution in [-0.2, 0) is 4.74 Å². The highest BCUT2D eigenvalue weighted by Gasteiger charge is 2.34. The number of nitrogens with one attached hydrogen (secondary N) is 2. The maximum atomic E-state index is 9.61. The Morgan fingerprint density at radius 2 is 1.97 bits per heavy atom. The van der Waals surface area contributed by atoms with Crippen molar-refractivity contribution < 1.29 is 9.84 Å². The summed E-state index contributed by atoms with van der Waals surface area (Å²) in [6.45, 7) is 6.46. The van der Waals surface area contributed by atoms with E-state index in [1.54, 1.807) is 18.4 Å². The number of aliphatic hydroxyl groups excluding tert-OH is 1. The van der Waals surface area contributed by atoms with E-state index in [1.807, 2.05) is 26.1 Å². The zero-order valence-electron chi connectivity index (χ0n) is 20.3. The van der Waals surface area contributed by atoms with Crippen molar-refractivity contribution >= 4 is 33.3 Å². The smallest absolute Gasteiger partial charge is 0.225 e. The second-order valence-electron chi connectivity index (χ2n) is 9.84. The van der Waals surface area contributed by atoms with Gasteiger partial charge in [-0.3, -0.25) is 4.98 Å². The van der Waals surface area contributed by atoms with Crippen LogP contribution in [0, 0.1) is 25.7 Å². The average molecular weight is 483 g/mol. The summed E-state index contributed by atoms with van der Waals surface area (Å²) in [5, 5.41) is 17.7. The number of rotatable bonds is 8. The first-order valence-corrected chi connectivity index (χ1v) is 13.0. The molecule has 0 bridgehead atoms. The molecule has 5 rings (SSSR count). The lowest BCUT2D eigenvalue weighted by Gasteiger charge is -2.38. The third-order valence-corrected chi connectivity index (χ3v) is 8.50. The van der Waals surface area contributed by atoms with Crippen molar-refractivity contribution in [3.05, 3.63) is 23.7 Å². The molecule has 9 heteroatoms. The van der Waals surface area contributed by atoms with Crippen LogP contribution in [-0.4, -0.2) is 56.9 Å². The Hall–Kier alpha value is -2.36. The lowest BCUT2D eigenvalue weighted by Crippen LogP contribution is -2.40. The monoisotopic (exact) mass is 482 g/mol. The van der Waals surface area contributed by atoms with E-state index in [0.717, 1.165) is 70.1 Å². The molecule has 0 spiro atoms. The highest BCUT2D eigenvalue weighted by atomic mass is 32.1. The molecular formula is C25H34N6O2S. The minimum Gasteiger partial charge on any atom is -0.396 e. The zero-order chi connectivity index (χ0) is 23.8. The first kappa shape index (κ1) is 23.4. The Bertz CT molecular complexity index is 1160. The Morgan fingerprint density at radius 3 is 2.68 bits per heavy atom. The van der Waals surface area contributed by atoms with Crippen LogP contribution in [0.4, 0.5) is 11.8 Å². The zero-order valence-corrected chi connectivity index (χ0v) is 21.2. The third kappa shape index (κ3) is 4.61. The van der Waals surface area contributed by atoms with E-state index in [9.17, 15) is 5.11 Å². The fourth-order valence-electron chi connectivity index (χ4n) is 5.18. The molecule has 3 aromatic heterocycles. The fourth-order valence-corrected chi connectivity index (χ4v) is 6.29. The second kappa shape index (κ2) is 9.71. The van der Waals surface area contributed by atoms with Gasteiger partial charge in [0.25, 0.3) is 0 Å². The Morgan fingerprint density at radius 1 is 1.15 bits per heavy atom. The first-order valence-electron chi connectivity index (χ1n) is 12.2. The molecule has 0 unspecified atom stereocenters. The summed E-state index contributed by atoms with van der Waals surface area (Å²) in [5.41, 5.74) is 3.71. The molecule has 3 heterocycles. The van der Waals surface area contributed by atoms with Gasteiger partial charge in [0.2, 0.25) is 5.95 Å². The summed E-state index contributed by atoms with van der Waals surface area (Å²) in [7, 11) is 1.78. The largest absolute Gasteiger partial charge is 0.396 e. The molecule has 0 radical (unpaired) electrons. The van der Waals surface area contributed by atoms with Gasteiger partial charge in [-0.25, -0.2) is 9.97 Å². The van der Waals surface area contributed by atoms with Crippen molar-refractivity contribution in [3.63, 3.8) is 0 Å². The Labute approximate surface area is 204 Å². The molecule has 0 amide bonds. The number of pyridine rings is 1. The van der Waals surface area contributed by atoms with E-state index in [0.29, 0.717) is 23.9 Å². The number of methoxy groups -OCH3 is 1. The van der Waals surface area contributed by atoms with E-state index in [1.165, 1.54) is 0 Å². The van der Waals surface area contributed by atoms with Gasteiger partial charge < -0.3 is 20.5 Å². The number of nitrogens with zero attached hydrogens (tertiary/aromatic N) is 4. The second-order valence-corrected chi connectivity index (χ2v) is 10.9. The van der Waals surface area contributed by atoms with Crippen molar-refractivity contribution in [2.75, 3.05) is 24.4 Å². The third-order valence-electron chi connectivity index (χ3n) is 7.46. The molecule has 2 fully saturated rings. The van der Waals surface area contributed by atoms with Crippen molar-refractivity contribution in [1.29, 1.82) is 0 Å². The molecule has 0 aliphatic heterocycles. The molecule has 2 aliphatic carbocycles. The number of hydrogen-bond donors (Lipinski definition) is 3. The lowest BCUT2D eigenvalue weighted by molar-refractivity contribution is -0.00343. The van der Waals surface area contributed by atoms with Crippen molar-refractivity contribution in [1.82, 2.24) is 19.9 Å². The van der Waals surface area contributed by atoms with E-state index in [-0.39, 0.29) is 18.7 Å². The van der Waals surface area contributed by atoms with E-state index in [4.69, 9.17) is 19.7 Å². The molecule has 8 nitrogen and oxygen atoms in total. The number of aromatic nitrogens is 4. The van der Waals surface area contributed by atoms with Crippen molar-refractivity contribution in [3.8, 4) is 10.6 Å². The number of thiazole rings is 1. The summed E-state index contributed by atoms with van der Waals surface area (Å²) in [5.74, 6) is 2.38. The number of ether oxygens (including phenoxy) is 1. The summed E-state index contributed by atoms with van der Waals surface area (Å²) < 4.78 is 6.56. The van der Waals surface area contributed by atoms with Gasteiger partial charge in [0, 0.05) is 32.0 Å². The van der Waals surface area contributed by atoms with Crippen LogP contribution in [0.5, 0.6) is 0 Å². The van der Waals surface area contributed by atoms with E-state index < -0.39 is 0 Å². The van der Waals surface area contributed by atoms with Crippen LogP contribution >= 0.6 is 11.3 Å². The van der Waals surface area contributed by atoms with Crippen LogP contribution in [0.1, 0.15) is 50.4 Å². The molecule has 3 atom stereocenters. The van der Waals surface area contributed by atoms with Gasteiger partial charge in [0.1, 0.15) is 16.3 Å². The van der Waals surface area contributed by atoms with Gasteiger partial charge in [0.15, 0.2) is 0 Å². The Balaban J connectivity index is 1.47. The molecule has 0 saturated heterocycles. The highest BCUT2D eigenvalue weighted by molar-refractivity contribution is 7.21. The predicted octanol–water partition coefficient (Wildman–Crippen LogP) is 4.56. The molecule has 3 N–H and O–H groups in total. The molecule has 182 valence electrons. The van der Waals surface area contributed by atoms with E-state index >= 15 is 0 Å². The highest BCUT2D eigenvalue weighted by Crippen LogP contribution is 2.39. The van der Waals surface area contributed by atoms with Gasteiger partial charge in [0.05, 0.1) is 27.8 Å². The lowest BCUT2D eigenvalue weighted by atomic mass is 9.78. The van der Waals surface area contributed by atoms with E-state index in [2.05, 4.69) is 22.5 Å². The SMILES string of the molecule is COC1CC([C@@H](C)Nc2nc(C)c(-c3nc4c(C)nccc4s3)c(N[C@H]3CC[C@@H](CO)C3)n2)C1. The summed E-state index contributed by atoms with van der Waals surface area (Å²) in [6, 6.07) is 2.56. The molecule has 3 aromatic rings. The number of anilines is 2. The minimum atomic E-state index is 0.242. The van der Waals surface area contributed by atoms with Gasteiger partial charge in [-0.2, -0.15) is 4.98 Å². The number of fused-ring (bicyclic) bond motifs is 1. The number of aryl methyl sites for hydroxylation is 2. The summed E-state index contributed by atoms with van der Waals surface area (Å²) in [4.78, 5) is 19.1. The Kier molecular flexibility index (Phi) is 6.68. The molecule has 2 aliphatic rings. The maximum Gasteiger partial charge on any atom is 0.225 e.